The molecule has 29 heavy (non-hydrogen) atoms. The van der Waals surface area contributed by atoms with E-state index in [4.69, 9.17) is 0 Å². The number of benzene rings is 2. The SMILES string of the molecule is Cc1cc(C(=O)Nc2c(C)cccc2C(C)C)nc(NCCc2ccccc2)n1. The number of hydrogen-bond acceptors (Lipinski definition) is 4. The van der Waals surface area contributed by atoms with Gasteiger partial charge in [-0.15, -0.1) is 0 Å². The lowest BCUT2D eigenvalue weighted by Crippen LogP contribution is -2.18. The molecule has 0 unspecified atom stereocenters. The Morgan fingerprint density at radius 1 is 1.00 bits per heavy atom. The van der Waals surface area contributed by atoms with Crippen LogP contribution in [0.2, 0.25) is 0 Å². The lowest BCUT2D eigenvalue weighted by Gasteiger charge is -2.16. The minimum atomic E-state index is -0.224. The second-order valence-corrected chi connectivity index (χ2v) is 7.53. The van der Waals surface area contributed by atoms with Gasteiger partial charge in [0.15, 0.2) is 0 Å². The van der Waals surface area contributed by atoms with Crippen molar-refractivity contribution in [2.24, 2.45) is 0 Å². The number of rotatable bonds is 7. The van der Waals surface area contributed by atoms with E-state index in [2.05, 4.69) is 52.6 Å². The van der Waals surface area contributed by atoms with Crippen LogP contribution >= 0.6 is 0 Å². The van der Waals surface area contributed by atoms with Crippen molar-refractivity contribution in [1.29, 1.82) is 0 Å². The summed E-state index contributed by atoms with van der Waals surface area (Å²) in [5.74, 6) is 0.560. The van der Waals surface area contributed by atoms with E-state index in [1.165, 1.54) is 5.56 Å². The van der Waals surface area contributed by atoms with Crippen LogP contribution in [-0.2, 0) is 6.42 Å². The van der Waals surface area contributed by atoms with Crippen molar-refractivity contribution >= 4 is 17.5 Å². The first-order chi connectivity index (χ1) is 13.9. The third-order valence-corrected chi connectivity index (χ3v) is 4.79. The van der Waals surface area contributed by atoms with Crippen LogP contribution in [0, 0.1) is 13.8 Å². The highest BCUT2D eigenvalue weighted by Crippen LogP contribution is 2.27. The maximum Gasteiger partial charge on any atom is 0.274 e. The zero-order valence-corrected chi connectivity index (χ0v) is 17.5. The number of aromatic nitrogens is 2. The average Bonchev–Trinajstić information content (AvgIpc) is 2.69. The summed E-state index contributed by atoms with van der Waals surface area (Å²) in [4.78, 5) is 21.8. The number of carbonyl (C=O) groups excluding carboxylic acids is 1. The van der Waals surface area contributed by atoms with E-state index in [0.29, 0.717) is 24.1 Å². The third-order valence-electron chi connectivity index (χ3n) is 4.79. The summed E-state index contributed by atoms with van der Waals surface area (Å²) >= 11 is 0. The molecule has 0 atom stereocenters. The van der Waals surface area contributed by atoms with Crippen LogP contribution in [-0.4, -0.2) is 22.4 Å². The smallest absolute Gasteiger partial charge is 0.274 e. The zero-order valence-electron chi connectivity index (χ0n) is 17.5. The van der Waals surface area contributed by atoms with E-state index in [1.54, 1.807) is 6.07 Å². The molecule has 0 radical (unpaired) electrons. The largest absolute Gasteiger partial charge is 0.354 e. The molecule has 0 spiro atoms. The predicted molar refractivity (Wildman–Crippen MR) is 119 cm³/mol. The topological polar surface area (TPSA) is 66.9 Å². The molecule has 2 aromatic carbocycles. The molecule has 0 aliphatic heterocycles. The van der Waals surface area contributed by atoms with E-state index < -0.39 is 0 Å². The first-order valence-corrected chi connectivity index (χ1v) is 9.98. The number of hydrogen-bond donors (Lipinski definition) is 2. The molecule has 150 valence electrons. The van der Waals surface area contributed by atoms with Crippen LogP contribution in [0.4, 0.5) is 11.6 Å². The van der Waals surface area contributed by atoms with E-state index in [-0.39, 0.29) is 5.91 Å². The first-order valence-electron chi connectivity index (χ1n) is 9.98. The van der Waals surface area contributed by atoms with Crippen LogP contribution in [0.3, 0.4) is 0 Å². The fourth-order valence-electron chi connectivity index (χ4n) is 3.25. The standard InChI is InChI=1S/C24H28N4O/c1-16(2)20-12-8-9-17(3)22(20)28-23(29)21-15-18(4)26-24(27-21)25-14-13-19-10-6-5-7-11-19/h5-12,15-16H,13-14H2,1-4H3,(H,28,29)(H,25,26,27). The molecule has 5 nitrogen and oxygen atoms in total. The molecule has 1 heterocycles. The van der Waals surface area contributed by atoms with E-state index >= 15 is 0 Å². The number of anilines is 2. The molecule has 2 N–H and O–H groups in total. The molecule has 0 aliphatic carbocycles. The van der Waals surface area contributed by atoms with Crippen molar-refractivity contribution in [2.45, 2.75) is 40.0 Å². The number of carbonyl (C=O) groups is 1. The summed E-state index contributed by atoms with van der Waals surface area (Å²) in [5, 5.41) is 6.29. The van der Waals surface area contributed by atoms with Crippen molar-refractivity contribution < 1.29 is 4.79 Å². The molecule has 0 saturated heterocycles. The van der Waals surface area contributed by atoms with Gasteiger partial charge >= 0.3 is 0 Å². The summed E-state index contributed by atoms with van der Waals surface area (Å²) in [6.45, 7) is 8.81. The third kappa shape index (κ3) is 5.41. The molecule has 0 aliphatic rings. The lowest BCUT2D eigenvalue weighted by atomic mass is 9.98. The summed E-state index contributed by atoms with van der Waals surface area (Å²) in [6, 6.07) is 18.0. The van der Waals surface area contributed by atoms with Gasteiger partial charge in [-0.3, -0.25) is 4.79 Å². The molecule has 5 heteroatoms. The van der Waals surface area contributed by atoms with Crippen molar-refractivity contribution in [3.8, 4) is 0 Å². The molecular weight excluding hydrogens is 360 g/mol. The molecule has 0 saturated carbocycles. The van der Waals surface area contributed by atoms with Gasteiger partial charge in [-0.05, 0) is 48.9 Å². The highest BCUT2D eigenvalue weighted by atomic mass is 16.1. The minimum Gasteiger partial charge on any atom is -0.354 e. The maximum absolute atomic E-state index is 12.9. The lowest BCUT2D eigenvalue weighted by molar-refractivity contribution is 0.102. The fraction of sp³-hybridized carbons (Fsp3) is 0.292. The van der Waals surface area contributed by atoms with Crippen LogP contribution in [0.1, 0.15) is 52.6 Å². The average molecular weight is 389 g/mol. The van der Waals surface area contributed by atoms with Gasteiger partial charge in [0.2, 0.25) is 5.95 Å². The quantitative estimate of drug-likeness (QED) is 0.589. The van der Waals surface area contributed by atoms with E-state index in [9.17, 15) is 4.79 Å². The Labute approximate surface area is 172 Å². The van der Waals surface area contributed by atoms with Crippen molar-refractivity contribution in [1.82, 2.24) is 9.97 Å². The van der Waals surface area contributed by atoms with Crippen LogP contribution < -0.4 is 10.6 Å². The minimum absolute atomic E-state index is 0.224. The van der Waals surface area contributed by atoms with Crippen molar-refractivity contribution in [3.05, 3.63) is 82.7 Å². The normalized spacial score (nSPS) is 10.8. The second kappa shape index (κ2) is 9.32. The molecular formula is C24H28N4O. The molecule has 0 fully saturated rings. The van der Waals surface area contributed by atoms with Gasteiger partial charge in [0.05, 0.1) is 0 Å². The summed E-state index contributed by atoms with van der Waals surface area (Å²) in [7, 11) is 0. The predicted octanol–water partition coefficient (Wildman–Crippen LogP) is 5.12. The van der Waals surface area contributed by atoms with Crippen LogP contribution in [0.25, 0.3) is 0 Å². The van der Waals surface area contributed by atoms with Gasteiger partial charge in [-0.1, -0.05) is 62.4 Å². The number of nitrogens with zero attached hydrogens (tertiary/aromatic N) is 2. The Morgan fingerprint density at radius 2 is 1.76 bits per heavy atom. The monoisotopic (exact) mass is 388 g/mol. The number of nitrogens with one attached hydrogen (secondary N) is 2. The highest BCUT2D eigenvalue weighted by molar-refractivity contribution is 6.04. The number of para-hydroxylation sites is 1. The summed E-state index contributed by atoms with van der Waals surface area (Å²) in [6.07, 6.45) is 0.862. The van der Waals surface area contributed by atoms with Crippen molar-refractivity contribution in [3.63, 3.8) is 0 Å². The molecule has 3 aromatic rings. The van der Waals surface area contributed by atoms with E-state index in [0.717, 1.165) is 28.9 Å². The van der Waals surface area contributed by atoms with E-state index in [1.807, 2.05) is 44.2 Å². The molecule has 0 bridgehead atoms. The van der Waals surface area contributed by atoms with Gasteiger partial charge in [-0.25, -0.2) is 9.97 Å². The Balaban J connectivity index is 1.73. The molecule has 3 rings (SSSR count). The van der Waals surface area contributed by atoms with Gasteiger partial charge < -0.3 is 10.6 Å². The first kappa shape index (κ1) is 20.5. The van der Waals surface area contributed by atoms with Crippen LogP contribution in [0.5, 0.6) is 0 Å². The Bertz CT molecular complexity index is 983. The summed E-state index contributed by atoms with van der Waals surface area (Å²) < 4.78 is 0. The fourth-order valence-corrected chi connectivity index (χ4v) is 3.25. The Kier molecular flexibility index (Phi) is 6.60. The van der Waals surface area contributed by atoms with Gasteiger partial charge in [-0.2, -0.15) is 0 Å². The van der Waals surface area contributed by atoms with Crippen molar-refractivity contribution in [2.75, 3.05) is 17.2 Å². The van der Waals surface area contributed by atoms with Gasteiger partial charge in [0.1, 0.15) is 5.69 Å². The Morgan fingerprint density at radius 3 is 2.48 bits per heavy atom. The van der Waals surface area contributed by atoms with Gasteiger partial charge in [0.25, 0.3) is 5.91 Å². The number of aryl methyl sites for hydroxylation is 2. The molecule has 1 amide bonds. The van der Waals surface area contributed by atoms with Gasteiger partial charge in [0, 0.05) is 17.9 Å². The summed E-state index contributed by atoms with van der Waals surface area (Å²) in [5.41, 5.74) is 5.37. The maximum atomic E-state index is 12.9. The zero-order chi connectivity index (χ0) is 20.8. The Hall–Kier alpha value is -3.21. The second-order valence-electron chi connectivity index (χ2n) is 7.53. The highest BCUT2D eigenvalue weighted by Gasteiger charge is 2.15. The molecule has 1 aromatic heterocycles. The van der Waals surface area contributed by atoms with Crippen LogP contribution in [0.15, 0.2) is 54.6 Å². The number of amides is 1.